The molecule has 2 aromatic carbocycles. The highest BCUT2D eigenvalue weighted by Crippen LogP contribution is 2.20. The number of carbonyl (C=O) groups is 2. The number of aryl methyl sites for hydroxylation is 2. The smallest absolute Gasteiger partial charge is 0.313 e. The molecular formula is C19H22N2O3. The molecule has 0 aliphatic rings. The van der Waals surface area contributed by atoms with Crippen LogP contribution in [0, 0.1) is 6.92 Å². The fraction of sp³-hybridized carbons (Fsp3) is 0.263. The molecule has 0 radical (unpaired) electrons. The van der Waals surface area contributed by atoms with Crippen LogP contribution in [-0.4, -0.2) is 23.5 Å². The number of amides is 2. The SMILES string of the molecule is CCc1cccc(C)c1NC(=O)C(=O)NCCc1ccc(O)cc1. The Morgan fingerprint density at radius 1 is 1.04 bits per heavy atom. The predicted octanol–water partition coefficient (Wildman–Crippen LogP) is 2.56. The molecule has 0 aliphatic carbocycles. The van der Waals surface area contributed by atoms with Gasteiger partial charge in [0, 0.05) is 12.2 Å². The van der Waals surface area contributed by atoms with Crippen molar-refractivity contribution in [1.29, 1.82) is 0 Å². The Morgan fingerprint density at radius 2 is 1.75 bits per heavy atom. The molecule has 0 saturated carbocycles. The Balaban J connectivity index is 1.89. The number of phenolic OH excluding ortho intramolecular Hbond substituents is 1. The first-order chi connectivity index (χ1) is 11.5. The Bertz CT molecular complexity index is 724. The number of para-hydroxylation sites is 1. The highest BCUT2D eigenvalue weighted by molar-refractivity contribution is 6.39. The number of benzene rings is 2. The van der Waals surface area contributed by atoms with Crippen molar-refractivity contribution in [3.05, 3.63) is 59.2 Å². The summed E-state index contributed by atoms with van der Waals surface area (Å²) in [6.07, 6.45) is 1.36. The molecule has 24 heavy (non-hydrogen) atoms. The molecule has 2 amide bonds. The average Bonchev–Trinajstić information content (AvgIpc) is 2.58. The van der Waals surface area contributed by atoms with Crippen LogP contribution in [-0.2, 0) is 22.4 Å². The van der Waals surface area contributed by atoms with Crippen LogP contribution >= 0.6 is 0 Å². The summed E-state index contributed by atoms with van der Waals surface area (Å²) in [7, 11) is 0. The van der Waals surface area contributed by atoms with E-state index in [0.717, 1.165) is 23.1 Å². The number of rotatable bonds is 5. The lowest BCUT2D eigenvalue weighted by Crippen LogP contribution is -2.36. The zero-order chi connectivity index (χ0) is 17.5. The van der Waals surface area contributed by atoms with Gasteiger partial charge in [0.2, 0.25) is 0 Å². The topological polar surface area (TPSA) is 78.4 Å². The summed E-state index contributed by atoms with van der Waals surface area (Å²) in [5.41, 5.74) is 3.61. The third-order valence-electron chi connectivity index (χ3n) is 3.82. The van der Waals surface area contributed by atoms with E-state index in [1.807, 2.05) is 32.0 Å². The van der Waals surface area contributed by atoms with Crippen LogP contribution in [0.25, 0.3) is 0 Å². The third-order valence-corrected chi connectivity index (χ3v) is 3.82. The maximum atomic E-state index is 12.1. The predicted molar refractivity (Wildman–Crippen MR) is 94.0 cm³/mol. The van der Waals surface area contributed by atoms with Crippen LogP contribution in [0.3, 0.4) is 0 Å². The van der Waals surface area contributed by atoms with Crippen molar-refractivity contribution in [3.63, 3.8) is 0 Å². The Kier molecular flexibility index (Phi) is 5.95. The Hall–Kier alpha value is -2.82. The van der Waals surface area contributed by atoms with Gasteiger partial charge in [0.05, 0.1) is 0 Å². The molecule has 0 saturated heterocycles. The van der Waals surface area contributed by atoms with E-state index < -0.39 is 11.8 Å². The van der Waals surface area contributed by atoms with Gasteiger partial charge in [0.25, 0.3) is 0 Å². The van der Waals surface area contributed by atoms with Gasteiger partial charge in [0.15, 0.2) is 0 Å². The number of nitrogens with one attached hydrogen (secondary N) is 2. The van der Waals surface area contributed by atoms with Gasteiger partial charge in [-0.1, -0.05) is 37.3 Å². The number of carbonyl (C=O) groups excluding carboxylic acids is 2. The Labute approximate surface area is 141 Å². The fourth-order valence-electron chi connectivity index (χ4n) is 2.44. The second kappa shape index (κ2) is 8.15. The normalized spacial score (nSPS) is 10.2. The van der Waals surface area contributed by atoms with Crippen molar-refractivity contribution in [2.75, 3.05) is 11.9 Å². The van der Waals surface area contributed by atoms with E-state index in [1.54, 1.807) is 24.3 Å². The number of hydrogen-bond donors (Lipinski definition) is 3. The molecule has 3 N–H and O–H groups in total. The molecule has 0 heterocycles. The van der Waals surface area contributed by atoms with Crippen molar-refractivity contribution in [1.82, 2.24) is 5.32 Å². The van der Waals surface area contributed by atoms with Crippen LogP contribution in [0.5, 0.6) is 5.75 Å². The zero-order valence-electron chi connectivity index (χ0n) is 13.9. The van der Waals surface area contributed by atoms with Gasteiger partial charge < -0.3 is 15.7 Å². The highest BCUT2D eigenvalue weighted by Gasteiger charge is 2.15. The largest absolute Gasteiger partial charge is 0.508 e. The second-order valence-electron chi connectivity index (χ2n) is 5.59. The van der Waals surface area contributed by atoms with Crippen LogP contribution in [0.15, 0.2) is 42.5 Å². The summed E-state index contributed by atoms with van der Waals surface area (Å²) in [5, 5.41) is 14.5. The second-order valence-corrected chi connectivity index (χ2v) is 5.59. The van der Waals surface area contributed by atoms with Crippen LogP contribution in [0.4, 0.5) is 5.69 Å². The van der Waals surface area contributed by atoms with E-state index in [2.05, 4.69) is 10.6 Å². The molecule has 0 bridgehead atoms. The van der Waals surface area contributed by atoms with Gasteiger partial charge in [0.1, 0.15) is 5.75 Å². The summed E-state index contributed by atoms with van der Waals surface area (Å²) in [6, 6.07) is 12.5. The van der Waals surface area contributed by atoms with E-state index in [-0.39, 0.29) is 5.75 Å². The van der Waals surface area contributed by atoms with Crippen LogP contribution in [0.2, 0.25) is 0 Å². The van der Waals surface area contributed by atoms with Crippen LogP contribution < -0.4 is 10.6 Å². The van der Waals surface area contributed by atoms with Gasteiger partial charge in [-0.3, -0.25) is 9.59 Å². The van der Waals surface area contributed by atoms with Gasteiger partial charge in [-0.05, 0) is 48.6 Å². The zero-order valence-corrected chi connectivity index (χ0v) is 13.9. The molecule has 0 atom stereocenters. The highest BCUT2D eigenvalue weighted by atomic mass is 16.3. The molecule has 0 unspecified atom stereocenters. The van der Waals surface area contributed by atoms with Gasteiger partial charge >= 0.3 is 11.8 Å². The maximum absolute atomic E-state index is 12.1. The first-order valence-electron chi connectivity index (χ1n) is 7.97. The summed E-state index contributed by atoms with van der Waals surface area (Å²) in [4.78, 5) is 24.0. The van der Waals surface area contributed by atoms with Crippen molar-refractivity contribution < 1.29 is 14.7 Å². The molecular weight excluding hydrogens is 304 g/mol. The summed E-state index contributed by atoms with van der Waals surface area (Å²) in [6.45, 7) is 4.26. The quantitative estimate of drug-likeness (QED) is 0.739. The molecule has 126 valence electrons. The lowest BCUT2D eigenvalue weighted by atomic mass is 10.1. The van der Waals surface area contributed by atoms with E-state index in [0.29, 0.717) is 18.7 Å². The summed E-state index contributed by atoms with van der Waals surface area (Å²) >= 11 is 0. The Morgan fingerprint density at radius 3 is 2.42 bits per heavy atom. The minimum Gasteiger partial charge on any atom is -0.508 e. The molecule has 0 spiro atoms. The van der Waals surface area contributed by atoms with Gasteiger partial charge in [-0.2, -0.15) is 0 Å². The molecule has 2 rings (SSSR count). The van der Waals surface area contributed by atoms with Crippen molar-refractivity contribution >= 4 is 17.5 Å². The van der Waals surface area contributed by atoms with Crippen molar-refractivity contribution in [2.24, 2.45) is 0 Å². The van der Waals surface area contributed by atoms with Crippen molar-refractivity contribution in [2.45, 2.75) is 26.7 Å². The third kappa shape index (κ3) is 4.59. The monoisotopic (exact) mass is 326 g/mol. The summed E-state index contributed by atoms with van der Waals surface area (Å²) in [5.74, 6) is -1.11. The minimum atomic E-state index is -0.662. The lowest BCUT2D eigenvalue weighted by Gasteiger charge is -2.12. The standard InChI is InChI=1S/C19H22N2O3/c1-3-15-6-4-5-13(2)17(15)21-19(24)18(23)20-12-11-14-7-9-16(22)10-8-14/h4-10,22H,3,11-12H2,1-2H3,(H,20,23)(H,21,24). The van der Waals surface area contributed by atoms with Gasteiger partial charge in [-0.25, -0.2) is 0 Å². The number of hydrogen-bond acceptors (Lipinski definition) is 3. The fourth-order valence-corrected chi connectivity index (χ4v) is 2.44. The van der Waals surface area contributed by atoms with E-state index in [9.17, 15) is 14.7 Å². The molecule has 0 aromatic heterocycles. The van der Waals surface area contributed by atoms with Crippen LogP contribution in [0.1, 0.15) is 23.6 Å². The van der Waals surface area contributed by atoms with E-state index >= 15 is 0 Å². The number of anilines is 1. The molecule has 0 aliphatic heterocycles. The van der Waals surface area contributed by atoms with E-state index in [4.69, 9.17) is 0 Å². The van der Waals surface area contributed by atoms with Crippen molar-refractivity contribution in [3.8, 4) is 5.75 Å². The molecule has 0 fully saturated rings. The average molecular weight is 326 g/mol. The maximum Gasteiger partial charge on any atom is 0.313 e. The lowest BCUT2D eigenvalue weighted by molar-refractivity contribution is -0.136. The van der Waals surface area contributed by atoms with E-state index in [1.165, 1.54) is 0 Å². The first kappa shape index (κ1) is 17.5. The minimum absolute atomic E-state index is 0.201. The molecule has 5 heteroatoms. The first-order valence-corrected chi connectivity index (χ1v) is 7.97. The molecule has 5 nitrogen and oxygen atoms in total. The number of phenols is 1. The van der Waals surface area contributed by atoms with Gasteiger partial charge in [-0.15, -0.1) is 0 Å². The molecule has 2 aromatic rings. The summed E-state index contributed by atoms with van der Waals surface area (Å²) < 4.78 is 0. The number of aromatic hydroxyl groups is 1.